The molecule has 2 aliphatic rings. The zero-order valence-electron chi connectivity index (χ0n) is 23.2. The second-order valence-electron chi connectivity index (χ2n) is 10.4. The highest BCUT2D eigenvalue weighted by Crippen LogP contribution is 2.38. The number of carbonyl (C=O) groups is 3. The highest BCUT2D eigenvalue weighted by Gasteiger charge is 2.35. The molecule has 1 aliphatic heterocycles. The van der Waals surface area contributed by atoms with Gasteiger partial charge in [-0.25, -0.2) is 9.48 Å². The normalized spacial score (nSPS) is 15.3. The number of fused-ring (bicyclic) bond motifs is 2. The van der Waals surface area contributed by atoms with Crippen LogP contribution < -0.4 is 19.7 Å². The van der Waals surface area contributed by atoms with E-state index in [1.807, 2.05) is 24.3 Å². The van der Waals surface area contributed by atoms with E-state index in [1.165, 1.54) is 16.7 Å². The van der Waals surface area contributed by atoms with E-state index < -0.39 is 12.0 Å². The van der Waals surface area contributed by atoms with Gasteiger partial charge in [0.05, 0.1) is 18.2 Å². The van der Waals surface area contributed by atoms with Crippen LogP contribution in [0.15, 0.2) is 66.7 Å². The first-order valence-electron chi connectivity index (χ1n) is 14.0. The number of hydrogen-bond donors (Lipinski definition) is 1. The summed E-state index contributed by atoms with van der Waals surface area (Å²) in [6, 6.07) is 18.0. The van der Waals surface area contributed by atoms with Crippen molar-refractivity contribution < 1.29 is 28.6 Å². The molecule has 216 valence electrons. The Balaban J connectivity index is 1.43. The molecule has 0 bridgehead atoms. The van der Waals surface area contributed by atoms with Crippen molar-refractivity contribution >= 4 is 34.5 Å². The molecule has 4 aromatic rings. The number of nitrogens with one attached hydrogen (secondary N) is 1. The summed E-state index contributed by atoms with van der Waals surface area (Å²) in [5.74, 6) is -0.165. The number of nitrogens with zero attached hydrogens (tertiary/aromatic N) is 4. The smallest absolute Gasteiger partial charge is 0.337 e. The zero-order chi connectivity index (χ0) is 29.1. The Hall–Kier alpha value is -4.93. The topological polar surface area (TPSA) is 125 Å². The number of para-hydroxylation sites is 1. The van der Waals surface area contributed by atoms with Crippen LogP contribution in [-0.2, 0) is 20.9 Å². The van der Waals surface area contributed by atoms with Crippen LogP contribution >= 0.6 is 0 Å². The molecule has 6 rings (SSSR count). The van der Waals surface area contributed by atoms with Crippen LogP contribution in [0.4, 0.5) is 5.69 Å². The second-order valence-corrected chi connectivity index (χ2v) is 10.4. The van der Waals surface area contributed by atoms with E-state index in [2.05, 4.69) is 15.6 Å². The maximum atomic E-state index is 14.3. The Bertz CT molecular complexity index is 1610. The molecule has 0 saturated heterocycles. The van der Waals surface area contributed by atoms with Crippen molar-refractivity contribution in [3.05, 3.63) is 77.9 Å². The van der Waals surface area contributed by atoms with Gasteiger partial charge >= 0.3 is 5.97 Å². The van der Waals surface area contributed by atoms with Crippen LogP contribution in [0, 0.1) is 0 Å². The third kappa shape index (κ3) is 5.50. The monoisotopic (exact) mass is 569 g/mol. The molecule has 42 heavy (non-hydrogen) atoms. The molecule has 11 nitrogen and oxygen atoms in total. The SMILES string of the molecule is COC(=O)c1ccc([C@H](C(=O)NC2CCCCC2)N(C(=O)Cn2nnc3ccccc32)c2ccc3c(c2)OCO3)cc1. The Morgan fingerprint density at radius 2 is 1.76 bits per heavy atom. The van der Waals surface area contributed by atoms with Gasteiger partial charge in [-0.1, -0.05) is 48.7 Å². The van der Waals surface area contributed by atoms with Crippen molar-refractivity contribution in [3.63, 3.8) is 0 Å². The number of methoxy groups -OCH3 is 1. The fourth-order valence-corrected chi connectivity index (χ4v) is 5.57. The van der Waals surface area contributed by atoms with Crippen molar-refractivity contribution in [2.75, 3.05) is 18.8 Å². The van der Waals surface area contributed by atoms with Crippen LogP contribution in [0.1, 0.15) is 54.1 Å². The summed E-state index contributed by atoms with van der Waals surface area (Å²) in [5, 5.41) is 11.6. The van der Waals surface area contributed by atoms with Gasteiger partial charge in [0.15, 0.2) is 11.5 Å². The van der Waals surface area contributed by atoms with Crippen molar-refractivity contribution in [2.24, 2.45) is 0 Å². The minimum atomic E-state index is -1.05. The third-order valence-electron chi connectivity index (χ3n) is 7.71. The number of esters is 1. The van der Waals surface area contributed by atoms with E-state index in [9.17, 15) is 14.4 Å². The van der Waals surface area contributed by atoms with Crippen LogP contribution in [-0.4, -0.2) is 52.7 Å². The van der Waals surface area contributed by atoms with Crippen molar-refractivity contribution in [1.29, 1.82) is 0 Å². The summed E-state index contributed by atoms with van der Waals surface area (Å²) < 4.78 is 17.5. The summed E-state index contributed by atoms with van der Waals surface area (Å²) >= 11 is 0. The highest BCUT2D eigenvalue weighted by atomic mass is 16.7. The lowest BCUT2D eigenvalue weighted by atomic mass is 9.94. The molecular weight excluding hydrogens is 538 g/mol. The summed E-state index contributed by atoms with van der Waals surface area (Å²) in [6.07, 6.45) is 4.96. The van der Waals surface area contributed by atoms with Gasteiger partial charge in [0, 0.05) is 17.8 Å². The van der Waals surface area contributed by atoms with Gasteiger partial charge in [-0.05, 0) is 54.8 Å². The highest BCUT2D eigenvalue weighted by molar-refractivity contribution is 6.02. The third-order valence-corrected chi connectivity index (χ3v) is 7.71. The summed E-state index contributed by atoms with van der Waals surface area (Å²) in [4.78, 5) is 42.1. The molecule has 1 atom stereocenters. The molecule has 1 aromatic heterocycles. The van der Waals surface area contributed by atoms with Gasteiger partial charge in [-0.15, -0.1) is 5.10 Å². The lowest BCUT2D eigenvalue weighted by Gasteiger charge is -2.33. The first-order chi connectivity index (χ1) is 20.5. The van der Waals surface area contributed by atoms with E-state index in [1.54, 1.807) is 42.5 Å². The van der Waals surface area contributed by atoms with E-state index >= 15 is 0 Å². The average Bonchev–Trinajstić information content (AvgIpc) is 3.66. The summed E-state index contributed by atoms with van der Waals surface area (Å²) in [5.41, 5.74) is 2.68. The average molecular weight is 570 g/mol. The van der Waals surface area contributed by atoms with Gasteiger partial charge in [0.2, 0.25) is 18.6 Å². The van der Waals surface area contributed by atoms with E-state index in [-0.39, 0.29) is 31.2 Å². The number of hydrogen-bond acceptors (Lipinski definition) is 8. The van der Waals surface area contributed by atoms with Crippen LogP contribution in [0.25, 0.3) is 11.0 Å². The first kappa shape index (κ1) is 27.3. The number of ether oxygens (including phenoxy) is 3. The largest absolute Gasteiger partial charge is 0.465 e. The number of rotatable bonds is 8. The Kier molecular flexibility index (Phi) is 7.72. The van der Waals surface area contributed by atoms with Gasteiger partial charge in [0.25, 0.3) is 0 Å². The standard InChI is InChI=1S/C31H31N5O6/c1-40-31(39)21-13-11-20(12-14-21)29(30(38)32-22-7-3-2-4-8-22)36(23-15-16-26-27(17-23)42-19-41-26)28(37)18-35-25-10-6-5-9-24(25)33-34-35/h5-6,9-17,22,29H,2-4,7-8,18-19H2,1H3,(H,32,38)/t29-/m1/s1. The lowest BCUT2D eigenvalue weighted by Crippen LogP contribution is -2.48. The first-order valence-corrected chi connectivity index (χ1v) is 14.0. The molecule has 0 unspecified atom stereocenters. The van der Waals surface area contributed by atoms with Gasteiger partial charge < -0.3 is 19.5 Å². The molecule has 1 fully saturated rings. The predicted octanol–water partition coefficient (Wildman–Crippen LogP) is 4.17. The number of carbonyl (C=O) groups excluding carboxylic acids is 3. The second kappa shape index (κ2) is 11.9. The van der Waals surface area contributed by atoms with Crippen molar-refractivity contribution in [2.45, 2.75) is 50.7 Å². The lowest BCUT2D eigenvalue weighted by molar-refractivity contribution is -0.127. The molecule has 2 heterocycles. The quantitative estimate of drug-likeness (QED) is 0.314. The van der Waals surface area contributed by atoms with Gasteiger partial charge in [0.1, 0.15) is 18.1 Å². The Morgan fingerprint density at radius 3 is 2.55 bits per heavy atom. The molecule has 2 amide bonds. The number of amides is 2. The molecule has 3 aromatic carbocycles. The molecular formula is C31H31N5O6. The molecule has 1 saturated carbocycles. The molecule has 1 N–H and O–H groups in total. The van der Waals surface area contributed by atoms with E-state index in [0.29, 0.717) is 39.3 Å². The van der Waals surface area contributed by atoms with Gasteiger partial charge in [-0.3, -0.25) is 14.5 Å². The Morgan fingerprint density at radius 1 is 1.00 bits per heavy atom. The van der Waals surface area contributed by atoms with Crippen molar-refractivity contribution in [3.8, 4) is 11.5 Å². The van der Waals surface area contributed by atoms with Crippen molar-refractivity contribution in [1.82, 2.24) is 20.3 Å². The van der Waals surface area contributed by atoms with Crippen LogP contribution in [0.2, 0.25) is 0 Å². The molecule has 0 spiro atoms. The minimum absolute atomic E-state index is 0.0102. The number of benzene rings is 3. The van der Waals surface area contributed by atoms with E-state index in [4.69, 9.17) is 14.2 Å². The maximum absolute atomic E-state index is 14.3. The minimum Gasteiger partial charge on any atom is -0.465 e. The number of anilines is 1. The molecule has 11 heteroatoms. The molecule has 1 aliphatic carbocycles. The van der Waals surface area contributed by atoms with Crippen LogP contribution in [0.3, 0.4) is 0 Å². The molecule has 0 radical (unpaired) electrons. The van der Waals surface area contributed by atoms with E-state index in [0.717, 1.165) is 32.1 Å². The predicted molar refractivity (Wildman–Crippen MR) is 153 cm³/mol. The van der Waals surface area contributed by atoms with Crippen LogP contribution in [0.5, 0.6) is 11.5 Å². The summed E-state index contributed by atoms with van der Waals surface area (Å²) in [7, 11) is 1.31. The summed E-state index contributed by atoms with van der Waals surface area (Å²) in [6.45, 7) is -0.0966. The number of aromatic nitrogens is 3. The zero-order valence-corrected chi connectivity index (χ0v) is 23.2. The fourth-order valence-electron chi connectivity index (χ4n) is 5.57. The maximum Gasteiger partial charge on any atom is 0.337 e. The van der Waals surface area contributed by atoms with Gasteiger partial charge in [-0.2, -0.15) is 0 Å². The Labute approximate surface area is 242 Å². The fraction of sp³-hybridized carbons (Fsp3) is 0.323.